The molecule has 0 fully saturated rings. The van der Waals surface area contributed by atoms with Crippen molar-refractivity contribution in [2.24, 2.45) is 0 Å². The summed E-state index contributed by atoms with van der Waals surface area (Å²) < 4.78 is 10.4. The average Bonchev–Trinajstić information content (AvgIpc) is 1.80. The molecule has 5 heteroatoms. The first-order valence-electron chi connectivity index (χ1n) is 2.68. The van der Waals surface area contributed by atoms with Gasteiger partial charge in [-0.2, -0.15) is 5.26 Å². The molecular formula is C5H8NO3P. The number of allylic oxidation sites excluding steroid dienone is 2. The Hall–Kier alpha value is -0.620. The van der Waals surface area contributed by atoms with E-state index in [-0.39, 0.29) is 0 Å². The molecule has 0 aromatic heterocycles. The third kappa shape index (κ3) is 2.79. The van der Waals surface area contributed by atoms with E-state index in [0.717, 1.165) is 0 Å². The Morgan fingerprint density at radius 1 is 1.80 bits per heavy atom. The van der Waals surface area contributed by atoms with Crippen molar-refractivity contribution in [3.63, 3.8) is 0 Å². The van der Waals surface area contributed by atoms with Crippen LogP contribution in [0.15, 0.2) is 11.4 Å². The van der Waals surface area contributed by atoms with Gasteiger partial charge in [0.1, 0.15) is 11.4 Å². The standard InChI is InChI=1S/C5H8NO3P/c1-2-3-5(4-6)10(7,8)9/h3H,2H2,1H3,(H2,7,8,9)/b5-3+. The van der Waals surface area contributed by atoms with E-state index in [0.29, 0.717) is 6.42 Å². The van der Waals surface area contributed by atoms with Crippen LogP contribution in [0.5, 0.6) is 0 Å². The van der Waals surface area contributed by atoms with Gasteiger partial charge in [0, 0.05) is 0 Å². The zero-order valence-corrected chi connectivity index (χ0v) is 6.38. The summed E-state index contributed by atoms with van der Waals surface area (Å²) in [5, 5.41) is 7.73. The highest BCUT2D eigenvalue weighted by Gasteiger charge is 2.19. The predicted octanol–water partition coefficient (Wildman–Crippen LogP) is 0.982. The van der Waals surface area contributed by atoms with E-state index in [1.807, 2.05) is 0 Å². The van der Waals surface area contributed by atoms with Crippen LogP contribution in [0.2, 0.25) is 0 Å². The van der Waals surface area contributed by atoms with Gasteiger partial charge in [-0.05, 0) is 6.42 Å². The summed E-state index contributed by atoms with van der Waals surface area (Å²) >= 11 is 0. The number of nitriles is 1. The molecule has 0 saturated carbocycles. The average molecular weight is 161 g/mol. The molecule has 0 aliphatic heterocycles. The Labute approximate surface area is 59.0 Å². The second kappa shape index (κ2) is 3.52. The van der Waals surface area contributed by atoms with Crippen molar-refractivity contribution in [3.05, 3.63) is 11.4 Å². The smallest absolute Gasteiger partial charge is 0.321 e. The lowest BCUT2D eigenvalue weighted by molar-refractivity contribution is 0.383. The molecule has 2 N–H and O–H groups in total. The Bertz CT molecular complexity index is 222. The largest absolute Gasteiger partial charge is 0.366 e. The molecule has 0 radical (unpaired) electrons. The van der Waals surface area contributed by atoms with Crippen molar-refractivity contribution in [2.45, 2.75) is 13.3 Å². The minimum atomic E-state index is -4.29. The summed E-state index contributed by atoms with van der Waals surface area (Å²) in [6, 6.07) is 1.44. The van der Waals surface area contributed by atoms with Crippen molar-refractivity contribution < 1.29 is 14.4 Å². The summed E-state index contributed by atoms with van der Waals surface area (Å²) in [5.74, 6) is 0. The van der Waals surface area contributed by atoms with E-state index in [2.05, 4.69) is 0 Å². The fourth-order valence-electron chi connectivity index (χ4n) is 0.423. The highest BCUT2D eigenvalue weighted by molar-refractivity contribution is 7.56. The van der Waals surface area contributed by atoms with Gasteiger partial charge in [-0.1, -0.05) is 13.0 Å². The highest BCUT2D eigenvalue weighted by Crippen LogP contribution is 2.44. The van der Waals surface area contributed by atoms with Crippen molar-refractivity contribution in [3.8, 4) is 6.07 Å². The van der Waals surface area contributed by atoms with Crippen molar-refractivity contribution in [1.29, 1.82) is 5.26 Å². The molecule has 0 heterocycles. The zero-order chi connectivity index (χ0) is 8.20. The van der Waals surface area contributed by atoms with Gasteiger partial charge < -0.3 is 9.79 Å². The first-order chi connectivity index (χ1) is 4.52. The topological polar surface area (TPSA) is 81.3 Å². The SMILES string of the molecule is CC/C=C(\C#N)P(=O)(O)O. The molecule has 0 aromatic rings. The lowest BCUT2D eigenvalue weighted by Gasteiger charge is -1.98. The third-order valence-corrected chi connectivity index (χ3v) is 1.74. The van der Waals surface area contributed by atoms with Crippen molar-refractivity contribution in [1.82, 2.24) is 0 Å². The molecule has 0 amide bonds. The number of rotatable bonds is 2. The van der Waals surface area contributed by atoms with Crippen LogP contribution in [0.4, 0.5) is 0 Å². The molecule has 0 atom stereocenters. The maximum atomic E-state index is 10.4. The van der Waals surface area contributed by atoms with Crippen LogP contribution in [0.25, 0.3) is 0 Å². The summed E-state index contributed by atoms with van der Waals surface area (Å²) in [7, 11) is -4.29. The van der Waals surface area contributed by atoms with Crippen LogP contribution in [-0.4, -0.2) is 9.79 Å². The van der Waals surface area contributed by atoms with E-state index in [4.69, 9.17) is 15.0 Å². The van der Waals surface area contributed by atoms with Crippen molar-refractivity contribution in [2.75, 3.05) is 0 Å². The maximum Gasteiger partial charge on any atom is 0.366 e. The van der Waals surface area contributed by atoms with Gasteiger partial charge in [-0.25, -0.2) is 0 Å². The van der Waals surface area contributed by atoms with Gasteiger partial charge in [0.05, 0.1) is 0 Å². The van der Waals surface area contributed by atoms with Crippen LogP contribution in [0.1, 0.15) is 13.3 Å². The number of nitrogens with zero attached hydrogens (tertiary/aromatic N) is 1. The molecule has 4 nitrogen and oxygen atoms in total. The molecule has 0 spiro atoms. The van der Waals surface area contributed by atoms with Crippen LogP contribution >= 0.6 is 7.60 Å². The Morgan fingerprint density at radius 2 is 2.30 bits per heavy atom. The lowest BCUT2D eigenvalue weighted by atomic mass is 10.4. The van der Waals surface area contributed by atoms with Crippen LogP contribution in [0.3, 0.4) is 0 Å². The summed E-state index contributed by atoms with van der Waals surface area (Å²) in [6.45, 7) is 1.70. The van der Waals surface area contributed by atoms with Crippen LogP contribution < -0.4 is 0 Å². The van der Waals surface area contributed by atoms with Crippen molar-refractivity contribution >= 4 is 7.60 Å². The Kier molecular flexibility index (Phi) is 3.31. The Morgan fingerprint density at radius 3 is 2.40 bits per heavy atom. The maximum absolute atomic E-state index is 10.4. The second-order valence-electron chi connectivity index (χ2n) is 1.65. The molecule has 0 aliphatic rings. The zero-order valence-electron chi connectivity index (χ0n) is 5.48. The van der Waals surface area contributed by atoms with E-state index >= 15 is 0 Å². The molecule has 0 aromatic carbocycles. The second-order valence-corrected chi connectivity index (χ2v) is 3.22. The molecule has 56 valence electrons. The minimum Gasteiger partial charge on any atom is -0.321 e. The molecule has 0 bridgehead atoms. The molecule has 0 rings (SSSR count). The fourth-order valence-corrected chi connectivity index (χ4v) is 0.974. The van der Waals surface area contributed by atoms with Gasteiger partial charge in [-0.15, -0.1) is 0 Å². The summed E-state index contributed by atoms with van der Waals surface area (Å²) in [6.07, 6.45) is 1.68. The molecule has 0 unspecified atom stereocenters. The summed E-state index contributed by atoms with van der Waals surface area (Å²) in [4.78, 5) is 16.9. The van der Waals surface area contributed by atoms with E-state index in [9.17, 15) is 4.57 Å². The lowest BCUT2D eigenvalue weighted by Crippen LogP contribution is -1.80. The molecule has 10 heavy (non-hydrogen) atoms. The third-order valence-electron chi connectivity index (χ3n) is 0.826. The summed E-state index contributed by atoms with van der Waals surface area (Å²) in [5.41, 5.74) is 0. The highest BCUT2D eigenvalue weighted by atomic mass is 31.2. The first kappa shape index (κ1) is 9.38. The first-order valence-corrected chi connectivity index (χ1v) is 4.30. The minimum absolute atomic E-state index is 0.449. The van der Waals surface area contributed by atoms with Gasteiger partial charge in [-0.3, -0.25) is 4.57 Å². The van der Waals surface area contributed by atoms with Gasteiger partial charge in [0.2, 0.25) is 0 Å². The molecule has 0 saturated heterocycles. The quantitative estimate of drug-likeness (QED) is 0.467. The molecule has 0 aliphatic carbocycles. The van der Waals surface area contributed by atoms with E-state index in [1.165, 1.54) is 12.1 Å². The van der Waals surface area contributed by atoms with Crippen LogP contribution in [-0.2, 0) is 4.57 Å². The van der Waals surface area contributed by atoms with Crippen LogP contribution in [0, 0.1) is 11.3 Å². The number of hydrogen-bond acceptors (Lipinski definition) is 2. The molecular weight excluding hydrogens is 153 g/mol. The van der Waals surface area contributed by atoms with Gasteiger partial charge in [0.25, 0.3) is 0 Å². The van der Waals surface area contributed by atoms with E-state index in [1.54, 1.807) is 6.92 Å². The predicted molar refractivity (Wildman–Crippen MR) is 36.0 cm³/mol. The van der Waals surface area contributed by atoms with Gasteiger partial charge >= 0.3 is 7.60 Å². The fraction of sp³-hybridized carbons (Fsp3) is 0.400. The Balaban J connectivity index is 4.59. The van der Waals surface area contributed by atoms with Gasteiger partial charge in [0.15, 0.2) is 0 Å². The normalized spacial score (nSPS) is 12.8. The number of hydrogen-bond donors (Lipinski definition) is 2. The monoisotopic (exact) mass is 161 g/mol. The van der Waals surface area contributed by atoms with E-state index < -0.39 is 12.9 Å².